The van der Waals surface area contributed by atoms with E-state index in [1.807, 2.05) is 19.1 Å². The van der Waals surface area contributed by atoms with Gasteiger partial charge in [-0.1, -0.05) is 24.3 Å². The Morgan fingerprint density at radius 2 is 1.76 bits per heavy atom. The summed E-state index contributed by atoms with van der Waals surface area (Å²) in [6.07, 6.45) is 4.26. The van der Waals surface area contributed by atoms with Gasteiger partial charge in [0.1, 0.15) is 11.1 Å². The number of methoxy groups -OCH3 is 1. The molecule has 5 rings (SSSR count). The van der Waals surface area contributed by atoms with Gasteiger partial charge in [0, 0.05) is 25.3 Å². The molecule has 1 N–H and O–H groups in total. The van der Waals surface area contributed by atoms with Gasteiger partial charge in [0.25, 0.3) is 11.8 Å². The Hall–Kier alpha value is -3.42. The fourth-order valence-corrected chi connectivity index (χ4v) is 5.55. The Kier molecular flexibility index (Phi) is 5.31. The number of hydrogen-bond acceptors (Lipinski definition) is 5. The van der Waals surface area contributed by atoms with Crippen LogP contribution in [-0.4, -0.2) is 64.4 Å². The minimum Gasteiger partial charge on any atom is -0.480 e. The van der Waals surface area contributed by atoms with Crippen molar-refractivity contribution >= 4 is 17.8 Å². The third-order valence-corrected chi connectivity index (χ3v) is 7.44. The monoisotopic (exact) mass is 448 g/mol. The molecule has 2 aliphatic heterocycles. The van der Waals surface area contributed by atoms with E-state index in [9.17, 15) is 14.4 Å². The number of pyridine rings is 1. The van der Waals surface area contributed by atoms with Crippen molar-refractivity contribution in [3.63, 3.8) is 0 Å². The van der Waals surface area contributed by atoms with Crippen LogP contribution in [0.25, 0.3) is 0 Å². The Morgan fingerprint density at radius 1 is 1.09 bits per heavy atom. The van der Waals surface area contributed by atoms with E-state index in [0.717, 1.165) is 0 Å². The molecule has 0 saturated carbocycles. The van der Waals surface area contributed by atoms with Gasteiger partial charge in [0.15, 0.2) is 0 Å². The minimum absolute atomic E-state index is 0.0393. The number of piperidine rings is 1. The predicted molar refractivity (Wildman–Crippen MR) is 121 cm³/mol. The maximum atomic E-state index is 13.5. The number of urea groups is 1. The number of aromatic nitrogens is 1. The molecule has 1 aliphatic carbocycles. The molecule has 2 aromatic rings. The van der Waals surface area contributed by atoms with Gasteiger partial charge in [-0.15, -0.1) is 0 Å². The number of benzene rings is 1. The van der Waals surface area contributed by atoms with Gasteiger partial charge in [0.2, 0.25) is 5.88 Å². The fraction of sp³-hybridized carbons (Fsp3) is 0.440. The number of nitrogens with zero attached hydrogens (tertiary/aromatic N) is 3. The zero-order valence-corrected chi connectivity index (χ0v) is 18.9. The Labute approximate surface area is 192 Å². The average Bonchev–Trinajstić information content (AvgIpc) is 3.36. The molecular weight excluding hydrogens is 420 g/mol. The molecule has 2 fully saturated rings. The van der Waals surface area contributed by atoms with E-state index in [-0.39, 0.29) is 29.8 Å². The zero-order valence-electron chi connectivity index (χ0n) is 18.9. The van der Waals surface area contributed by atoms with Gasteiger partial charge in [0.05, 0.1) is 7.11 Å². The lowest BCUT2D eigenvalue weighted by atomic mass is 9.78. The van der Waals surface area contributed by atoms with Crippen molar-refractivity contribution in [3.05, 3.63) is 59.3 Å². The summed E-state index contributed by atoms with van der Waals surface area (Å²) in [5, 5.41) is 3.00. The highest BCUT2D eigenvalue weighted by Crippen LogP contribution is 2.37. The molecule has 8 nitrogen and oxygen atoms in total. The van der Waals surface area contributed by atoms with Crippen molar-refractivity contribution < 1.29 is 19.1 Å². The molecule has 1 aromatic carbocycles. The zero-order chi connectivity index (χ0) is 23.2. The van der Waals surface area contributed by atoms with Crippen LogP contribution in [0, 0.1) is 5.92 Å². The summed E-state index contributed by atoms with van der Waals surface area (Å²) in [4.78, 5) is 46.8. The molecule has 4 amide bonds. The maximum Gasteiger partial charge on any atom is 0.325 e. The molecule has 33 heavy (non-hydrogen) atoms. The van der Waals surface area contributed by atoms with E-state index in [1.54, 1.807) is 23.2 Å². The largest absolute Gasteiger partial charge is 0.480 e. The first-order valence-electron chi connectivity index (χ1n) is 11.4. The molecule has 3 aliphatic rings. The van der Waals surface area contributed by atoms with Crippen molar-refractivity contribution in [1.82, 2.24) is 20.1 Å². The quantitative estimate of drug-likeness (QED) is 0.726. The number of fused-ring (bicyclic) bond motifs is 1. The van der Waals surface area contributed by atoms with Crippen molar-refractivity contribution in [2.24, 2.45) is 5.92 Å². The van der Waals surface area contributed by atoms with Crippen molar-refractivity contribution in [1.29, 1.82) is 0 Å². The van der Waals surface area contributed by atoms with Crippen LogP contribution in [-0.2, 0) is 17.6 Å². The average molecular weight is 449 g/mol. The second kappa shape index (κ2) is 8.17. The molecule has 1 atom stereocenters. The van der Waals surface area contributed by atoms with Crippen molar-refractivity contribution in [2.45, 2.75) is 44.2 Å². The SMILES string of the molecule is COc1ncccc1C(=O)N1CCC([C@@]2(C)NC(=O)N(C3Cc4ccccc4C3)C2=O)CC1. The van der Waals surface area contributed by atoms with Gasteiger partial charge in [-0.25, -0.2) is 9.78 Å². The van der Waals surface area contributed by atoms with Gasteiger partial charge in [-0.3, -0.25) is 14.5 Å². The molecule has 0 radical (unpaired) electrons. The summed E-state index contributed by atoms with van der Waals surface area (Å²) in [6, 6.07) is 11.1. The van der Waals surface area contributed by atoms with Crippen molar-refractivity contribution in [2.75, 3.05) is 20.2 Å². The molecular formula is C25H28N4O4. The lowest BCUT2D eigenvalue weighted by Crippen LogP contribution is -2.55. The lowest BCUT2D eigenvalue weighted by Gasteiger charge is -2.39. The van der Waals surface area contributed by atoms with Crippen LogP contribution in [0.5, 0.6) is 5.88 Å². The summed E-state index contributed by atoms with van der Waals surface area (Å²) >= 11 is 0. The summed E-state index contributed by atoms with van der Waals surface area (Å²) < 4.78 is 5.23. The number of carbonyl (C=O) groups excluding carboxylic acids is 3. The molecule has 0 unspecified atom stereocenters. The number of carbonyl (C=O) groups is 3. The number of rotatable bonds is 4. The van der Waals surface area contributed by atoms with Gasteiger partial charge in [-0.2, -0.15) is 0 Å². The minimum atomic E-state index is -0.951. The topological polar surface area (TPSA) is 91.8 Å². The van der Waals surface area contributed by atoms with E-state index in [2.05, 4.69) is 22.4 Å². The lowest BCUT2D eigenvalue weighted by molar-refractivity contribution is -0.134. The van der Waals surface area contributed by atoms with Gasteiger partial charge in [-0.05, 0) is 61.8 Å². The molecule has 0 spiro atoms. The van der Waals surface area contributed by atoms with Crippen LogP contribution in [0.2, 0.25) is 0 Å². The smallest absolute Gasteiger partial charge is 0.325 e. The standard InChI is InChI=1S/C25H28N4O4/c1-25(18-9-12-28(13-10-18)22(30)20-8-5-11-26-21(20)33-2)23(31)29(24(32)27-25)19-14-16-6-3-4-7-17(16)15-19/h3-8,11,18-19H,9-10,12-15H2,1-2H3,(H,27,32)/t25-/m1/s1. The third kappa shape index (κ3) is 3.53. The van der Waals surface area contributed by atoms with E-state index in [0.29, 0.717) is 50.2 Å². The summed E-state index contributed by atoms with van der Waals surface area (Å²) in [7, 11) is 1.50. The molecule has 8 heteroatoms. The van der Waals surface area contributed by atoms with Gasteiger partial charge >= 0.3 is 6.03 Å². The highest BCUT2D eigenvalue weighted by molar-refractivity contribution is 6.07. The number of likely N-dealkylation sites (tertiary alicyclic amines) is 1. The molecule has 0 bridgehead atoms. The second-order valence-electron chi connectivity index (χ2n) is 9.27. The Bertz CT molecular complexity index is 1090. The second-order valence-corrected chi connectivity index (χ2v) is 9.27. The van der Waals surface area contributed by atoms with Crippen molar-refractivity contribution in [3.8, 4) is 5.88 Å². The van der Waals surface area contributed by atoms with Crippen LogP contribution in [0.3, 0.4) is 0 Å². The van der Waals surface area contributed by atoms with E-state index < -0.39 is 5.54 Å². The highest BCUT2D eigenvalue weighted by atomic mass is 16.5. The number of hydrogen-bond donors (Lipinski definition) is 1. The predicted octanol–water partition coefficient (Wildman–Crippen LogP) is 2.42. The Morgan fingerprint density at radius 3 is 2.39 bits per heavy atom. The van der Waals surface area contributed by atoms with Crippen LogP contribution < -0.4 is 10.1 Å². The van der Waals surface area contributed by atoms with Crippen LogP contribution in [0.15, 0.2) is 42.6 Å². The summed E-state index contributed by atoms with van der Waals surface area (Å²) in [5.41, 5.74) is 1.89. The number of ether oxygens (including phenoxy) is 1. The van der Waals surface area contributed by atoms with E-state index >= 15 is 0 Å². The molecule has 2 saturated heterocycles. The maximum absolute atomic E-state index is 13.5. The van der Waals surface area contributed by atoms with Crippen LogP contribution >= 0.6 is 0 Å². The first-order chi connectivity index (χ1) is 15.9. The first-order valence-corrected chi connectivity index (χ1v) is 11.4. The van der Waals surface area contributed by atoms with E-state index in [4.69, 9.17) is 4.74 Å². The number of imide groups is 1. The highest BCUT2D eigenvalue weighted by Gasteiger charge is 2.55. The summed E-state index contributed by atoms with van der Waals surface area (Å²) in [6.45, 7) is 2.85. The fourth-order valence-electron chi connectivity index (χ4n) is 5.55. The molecule has 3 heterocycles. The normalized spacial score (nSPS) is 23.6. The number of nitrogens with one attached hydrogen (secondary N) is 1. The van der Waals surface area contributed by atoms with Crippen LogP contribution in [0.4, 0.5) is 4.79 Å². The van der Waals surface area contributed by atoms with Gasteiger partial charge < -0.3 is 15.0 Å². The first kappa shape index (κ1) is 21.4. The van der Waals surface area contributed by atoms with Crippen LogP contribution in [0.1, 0.15) is 41.3 Å². The third-order valence-electron chi connectivity index (χ3n) is 7.44. The molecule has 172 valence electrons. The number of amides is 4. The Balaban J connectivity index is 1.27. The summed E-state index contributed by atoms with van der Waals surface area (Å²) in [5.74, 6) is -0.00899. The van der Waals surface area contributed by atoms with E-state index in [1.165, 1.54) is 23.1 Å². The molecule has 1 aromatic heterocycles.